The van der Waals surface area contributed by atoms with E-state index in [4.69, 9.17) is 0 Å². The predicted octanol–water partition coefficient (Wildman–Crippen LogP) is 4.46. The van der Waals surface area contributed by atoms with E-state index in [-0.39, 0.29) is 0 Å². The summed E-state index contributed by atoms with van der Waals surface area (Å²) in [5.41, 5.74) is 0. The zero-order chi connectivity index (χ0) is 12.1. The van der Waals surface area contributed by atoms with E-state index in [9.17, 15) is 0 Å². The van der Waals surface area contributed by atoms with E-state index in [0.29, 0.717) is 7.92 Å². The SMILES string of the molecule is CCCCNCCP(CCCC)CCCC. The molecule has 0 aromatic heterocycles. The van der Waals surface area contributed by atoms with Crippen LogP contribution in [-0.2, 0) is 0 Å². The van der Waals surface area contributed by atoms with E-state index in [1.165, 1.54) is 70.1 Å². The fourth-order valence-corrected chi connectivity index (χ4v) is 4.43. The van der Waals surface area contributed by atoms with Crippen molar-refractivity contribution in [3.63, 3.8) is 0 Å². The van der Waals surface area contributed by atoms with Crippen molar-refractivity contribution in [3.05, 3.63) is 0 Å². The van der Waals surface area contributed by atoms with E-state index in [2.05, 4.69) is 26.1 Å². The second-order valence-electron chi connectivity index (χ2n) is 4.65. The van der Waals surface area contributed by atoms with Gasteiger partial charge in [0.2, 0.25) is 0 Å². The van der Waals surface area contributed by atoms with Crippen LogP contribution in [0, 0.1) is 0 Å². The molecule has 0 bridgehead atoms. The highest BCUT2D eigenvalue weighted by Crippen LogP contribution is 2.36. The summed E-state index contributed by atoms with van der Waals surface area (Å²) < 4.78 is 0. The molecule has 0 rings (SSSR count). The third-order valence-electron chi connectivity index (χ3n) is 2.97. The molecule has 0 aliphatic heterocycles. The van der Waals surface area contributed by atoms with Crippen LogP contribution in [0.5, 0.6) is 0 Å². The molecule has 0 unspecified atom stereocenters. The van der Waals surface area contributed by atoms with Gasteiger partial charge in [-0.2, -0.15) is 0 Å². The summed E-state index contributed by atoms with van der Waals surface area (Å²) in [6.45, 7) is 9.37. The summed E-state index contributed by atoms with van der Waals surface area (Å²) in [7, 11) is 0.344. The van der Waals surface area contributed by atoms with Gasteiger partial charge in [0.1, 0.15) is 0 Å². The van der Waals surface area contributed by atoms with E-state index >= 15 is 0 Å². The summed E-state index contributed by atoms with van der Waals surface area (Å²) in [5.74, 6) is 0. The van der Waals surface area contributed by atoms with Gasteiger partial charge >= 0.3 is 0 Å². The molecule has 0 saturated carbocycles. The molecule has 0 heterocycles. The first-order chi connectivity index (χ1) is 7.85. The Kier molecular flexibility index (Phi) is 13.8. The van der Waals surface area contributed by atoms with Gasteiger partial charge in [0.05, 0.1) is 0 Å². The average molecular weight is 245 g/mol. The lowest BCUT2D eigenvalue weighted by Gasteiger charge is -2.17. The number of nitrogens with one attached hydrogen (secondary N) is 1. The first-order valence-corrected chi connectivity index (χ1v) is 9.17. The van der Waals surface area contributed by atoms with Crippen LogP contribution in [0.25, 0.3) is 0 Å². The Hall–Kier alpha value is 0.390. The summed E-state index contributed by atoms with van der Waals surface area (Å²) in [6, 6.07) is 0. The Balaban J connectivity index is 3.48. The number of unbranched alkanes of at least 4 members (excludes halogenated alkanes) is 3. The van der Waals surface area contributed by atoms with E-state index in [1.807, 2.05) is 0 Å². The standard InChI is InChI=1S/C14H32NP/c1-4-7-10-15-11-14-16(12-8-5-2)13-9-6-3/h15H,4-14H2,1-3H3. The molecule has 0 aromatic carbocycles. The molecule has 0 atom stereocenters. The van der Waals surface area contributed by atoms with Crippen LogP contribution >= 0.6 is 7.92 Å². The van der Waals surface area contributed by atoms with E-state index in [0.717, 1.165) is 0 Å². The van der Waals surface area contributed by atoms with Gasteiger partial charge in [-0.1, -0.05) is 40.0 Å². The molecule has 0 aliphatic carbocycles. The van der Waals surface area contributed by atoms with Crippen LogP contribution in [0.2, 0.25) is 0 Å². The van der Waals surface area contributed by atoms with Crippen LogP contribution in [0.15, 0.2) is 0 Å². The van der Waals surface area contributed by atoms with Gasteiger partial charge in [0.25, 0.3) is 0 Å². The summed E-state index contributed by atoms with van der Waals surface area (Å²) >= 11 is 0. The van der Waals surface area contributed by atoms with Gasteiger partial charge in [-0.3, -0.25) is 0 Å². The van der Waals surface area contributed by atoms with Crippen LogP contribution in [0.1, 0.15) is 59.3 Å². The molecule has 0 aliphatic rings. The van der Waals surface area contributed by atoms with E-state index < -0.39 is 0 Å². The minimum atomic E-state index is 0.344. The first kappa shape index (κ1) is 16.4. The Morgan fingerprint density at radius 3 is 1.75 bits per heavy atom. The van der Waals surface area contributed by atoms with Gasteiger partial charge in [0.15, 0.2) is 0 Å². The maximum absolute atomic E-state index is 3.59. The average Bonchev–Trinajstić information content (AvgIpc) is 2.31. The molecular formula is C14H32NP. The van der Waals surface area contributed by atoms with Crippen molar-refractivity contribution < 1.29 is 0 Å². The highest BCUT2D eigenvalue weighted by atomic mass is 31.1. The lowest BCUT2D eigenvalue weighted by Crippen LogP contribution is -2.19. The largest absolute Gasteiger partial charge is 0.316 e. The quantitative estimate of drug-likeness (QED) is 0.395. The van der Waals surface area contributed by atoms with Gasteiger partial charge in [-0.05, 0) is 50.8 Å². The molecule has 98 valence electrons. The predicted molar refractivity (Wildman–Crippen MR) is 79.1 cm³/mol. The molecule has 16 heavy (non-hydrogen) atoms. The van der Waals surface area contributed by atoms with Crippen LogP contribution < -0.4 is 5.32 Å². The van der Waals surface area contributed by atoms with Crippen molar-refractivity contribution in [2.24, 2.45) is 0 Å². The highest BCUT2D eigenvalue weighted by molar-refractivity contribution is 7.57. The minimum Gasteiger partial charge on any atom is -0.316 e. The fourth-order valence-electron chi connectivity index (χ4n) is 1.76. The van der Waals surface area contributed by atoms with Crippen LogP contribution in [0.3, 0.4) is 0 Å². The van der Waals surface area contributed by atoms with Crippen LogP contribution in [0.4, 0.5) is 0 Å². The second kappa shape index (κ2) is 13.5. The van der Waals surface area contributed by atoms with Crippen molar-refractivity contribution in [1.29, 1.82) is 0 Å². The smallest absolute Gasteiger partial charge is 0.000950 e. The van der Waals surface area contributed by atoms with Gasteiger partial charge < -0.3 is 5.32 Å². The number of rotatable bonds is 12. The maximum Gasteiger partial charge on any atom is -0.000950 e. The molecule has 0 fully saturated rings. The maximum atomic E-state index is 3.59. The highest BCUT2D eigenvalue weighted by Gasteiger charge is 2.05. The molecule has 0 spiro atoms. The number of hydrogen-bond acceptors (Lipinski definition) is 1. The Bertz CT molecular complexity index is 120. The zero-order valence-corrected chi connectivity index (χ0v) is 12.6. The Morgan fingerprint density at radius 2 is 1.25 bits per heavy atom. The minimum absolute atomic E-state index is 0.344. The molecule has 0 aromatic rings. The summed E-state index contributed by atoms with van der Waals surface area (Å²) in [5, 5.41) is 3.59. The molecule has 1 N–H and O–H groups in total. The zero-order valence-electron chi connectivity index (χ0n) is 11.7. The van der Waals surface area contributed by atoms with Crippen molar-refractivity contribution >= 4 is 7.92 Å². The molecule has 0 radical (unpaired) electrons. The molecule has 0 saturated heterocycles. The van der Waals surface area contributed by atoms with E-state index in [1.54, 1.807) is 0 Å². The van der Waals surface area contributed by atoms with Crippen molar-refractivity contribution in [2.75, 3.05) is 31.6 Å². The first-order valence-electron chi connectivity index (χ1n) is 7.28. The summed E-state index contributed by atoms with van der Waals surface area (Å²) in [6.07, 6.45) is 12.8. The monoisotopic (exact) mass is 245 g/mol. The van der Waals surface area contributed by atoms with Gasteiger partial charge in [-0.15, -0.1) is 7.92 Å². The lowest BCUT2D eigenvalue weighted by molar-refractivity contribution is 0.664. The third-order valence-corrected chi connectivity index (χ3v) is 5.72. The Labute approximate surface area is 105 Å². The van der Waals surface area contributed by atoms with Crippen molar-refractivity contribution in [3.8, 4) is 0 Å². The third kappa shape index (κ3) is 10.9. The van der Waals surface area contributed by atoms with Gasteiger partial charge in [-0.25, -0.2) is 0 Å². The van der Waals surface area contributed by atoms with Crippen molar-refractivity contribution in [1.82, 2.24) is 5.32 Å². The van der Waals surface area contributed by atoms with Crippen LogP contribution in [-0.4, -0.2) is 31.6 Å². The molecule has 2 heteroatoms. The normalized spacial score (nSPS) is 11.2. The fraction of sp³-hybridized carbons (Fsp3) is 1.00. The van der Waals surface area contributed by atoms with Crippen molar-refractivity contribution in [2.45, 2.75) is 59.3 Å². The molecule has 1 nitrogen and oxygen atoms in total. The molecule has 0 amide bonds. The Morgan fingerprint density at radius 1 is 0.688 bits per heavy atom. The topological polar surface area (TPSA) is 12.0 Å². The number of hydrogen-bond donors (Lipinski definition) is 1. The second-order valence-corrected chi connectivity index (χ2v) is 7.34. The molecular weight excluding hydrogens is 213 g/mol. The summed E-state index contributed by atoms with van der Waals surface area (Å²) in [4.78, 5) is 0. The van der Waals surface area contributed by atoms with Gasteiger partial charge in [0, 0.05) is 0 Å². The lowest BCUT2D eigenvalue weighted by atomic mass is 10.3.